The summed E-state index contributed by atoms with van der Waals surface area (Å²) in [6.07, 6.45) is -3.22. The van der Waals surface area contributed by atoms with Gasteiger partial charge in [0.25, 0.3) is 11.7 Å². The predicted octanol–water partition coefficient (Wildman–Crippen LogP) is 3.62. The number of H-pyrrole nitrogens is 1. The van der Waals surface area contributed by atoms with Gasteiger partial charge in [0.05, 0.1) is 13.2 Å². The van der Waals surface area contributed by atoms with Gasteiger partial charge in [0.2, 0.25) is 6.04 Å². The number of hydrogen-bond acceptors (Lipinski definition) is 4. The van der Waals surface area contributed by atoms with Crippen LogP contribution in [0.15, 0.2) is 54.7 Å². The van der Waals surface area contributed by atoms with Crippen molar-refractivity contribution < 1.29 is 27.4 Å². The van der Waals surface area contributed by atoms with Crippen LogP contribution in [-0.4, -0.2) is 29.3 Å². The Balaban J connectivity index is 1.63. The van der Waals surface area contributed by atoms with Crippen LogP contribution in [0.2, 0.25) is 0 Å². The number of fused-ring (bicyclic) bond motifs is 1. The third-order valence-corrected chi connectivity index (χ3v) is 4.92. The highest BCUT2D eigenvalue weighted by Gasteiger charge is 2.51. The zero-order chi connectivity index (χ0) is 21.3. The maximum atomic E-state index is 13.8. The van der Waals surface area contributed by atoms with Crippen molar-refractivity contribution in [2.45, 2.75) is 24.7 Å². The summed E-state index contributed by atoms with van der Waals surface area (Å²) in [5.41, 5.74) is 0.685. The fourth-order valence-electron chi connectivity index (χ4n) is 3.42. The van der Waals surface area contributed by atoms with Gasteiger partial charge in [-0.25, -0.2) is 10.1 Å². The van der Waals surface area contributed by atoms with E-state index in [9.17, 15) is 18.0 Å². The first-order valence-corrected chi connectivity index (χ1v) is 9.19. The number of aromatic amines is 1. The molecule has 156 valence electrons. The number of halogens is 3. The van der Waals surface area contributed by atoms with E-state index in [0.717, 1.165) is 4.68 Å². The number of amides is 1. The first-order valence-electron chi connectivity index (χ1n) is 9.19. The first-order chi connectivity index (χ1) is 14.3. The van der Waals surface area contributed by atoms with Crippen molar-refractivity contribution in [2.24, 2.45) is 0 Å². The molecule has 1 aliphatic rings. The summed E-state index contributed by atoms with van der Waals surface area (Å²) in [7, 11) is 1.52. The molecule has 0 fully saturated rings. The summed E-state index contributed by atoms with van der Waals surface area (Å²) in [5.74, 6) is 0.513. The fourth-order valence-corrected chi connectivity index (χ4v) is 3.42. The maximum Gasteiger partial charge on any atom is 0.431 e. The van der Waals surface area contributed by atoms with Crippen LogP contribution in [0.4, 0.5) is 24.8 Å². The van der Waals surface area contributed by atoms with Gasteiger partial charge in [0, 0.05) is 12.6 Å². The van der Waals surface area contributed by atoms with Crippen LogP contribution in [0.1, 0.15) is 34.6 Å². The monoisotopic (exact) mass is 418 g/mol. The molecule has 0 spiro atoms. The molecule has 0 saturated heterocycles. The zero-order valence-electron chi connectivity index (χ0n) is 15.9. The molecule has 1 aromatic carbocycles. The van der Waals surface area contributed by atoms with Crippen LogP contribution < -0.4 is 20.1 Å². The van der Waals surface area contributed by atoms with Gasteiger partial charge in [-0.2, -0.15) is 13.2 Å². The molecule has 2 atom stereocenters. The van der Waals surface area contributed by atoms with Crippen LogP contribution in [0.5, 0.6) is 5.75 Å². The molecule has 3 aromatic rings. The van der Waals surface area contributed by atoms with Crippen molar-refractivity contribution in [3.8, 4) is 5.75 Å². The highest BCUT2D eigenvalue weighted by molar-refractivity contribution is 6.02. The molecule has 0 aliphatic carbocycles. The lowest BCUT2D eigenvalue weighted by Crippen LogP contribution is -2.54. The third-order valence-electron chi connectivity index (χ3n) is 4.92. The van der Waals surface area contributed by atoms with Gasteiger partial charge in [-0.3, -0.25) is 10.1 Å². The standard InChI is InChI=1S/C20H18F3N5O2/c1-30-13-7-5-12(6-8-13)14-10-16(20(21,22)23)28-18(25-14)11-15(27-28)19(29)26-17-4-2-3-9-24-17/h2-9,11,14,16H,10H2,1H3,(H2,24,25,26,27,29)/p+1. The molecule has 30 heavy (non-hydrogen) atoms. The van der Waals surface area contributed by atoms with E-state index in [1.165, 1.54) is 19.4 Å². The summed E-state index contributed by atoms with van der Waals surface area (Å²) in [6, 6.07) is 10.8. The molecule has 4 rings (SSSR count). The maximum absolute atomic E-state index is 13.8. The largest absolute Gasteiger partial charge is 0.497 e. The molecular formula is C20H19F3N5O2+. The molecule has 0 saturated carbocycles. The van der Waals surface area contributed by atoms with Crippen LogP contribution in [0.3, 0.4) is 0 Å². The lowest BCUT2D eigenvalue weighted by atomic mass is 9.97. The Bertz CT molecular complexity index is 1030. The molecule has 0 bridgehead atoms. The lowest BCUT2D eigenvalue weighted by molar-refractivity contribution is -0.787. The Morgan fingerprint density at radius 2 is 2.00 bits per heavy atom. The Kier molecular flexibility index (Phi) is 5.06. The van der Waals surface area contributed by atoms with E-state index < -0.39 is 24.2 Å². The number of ether oxygens (including phenoxy) is 1. The van der Waals surface area contributed by atoms with Gasteiger partial charge in [-0.1, -0.05) is 18.2 Å². The van der Waals surface area contributed by atoms with Gasteiger partial charge < -0.3 is 10.1 Å². The molecule has 1 aliphatic heterocycles. The van der Waals surface area contributed by atoms with E-state index in [-0.39, 0.29) is 17.9 Å². The zero-order valence-corrected chi connectivity index (χ0v) is 15.9. The number of rotatable bonds is 4. The van der Waals surface area contributed by atoms with E-state index >= 15 is 0 Å². The Hall–Kier alpha value is -3.56. The van der Waals surface area contributed by atoms with E-state index in [2.05, 4.69) is 20.7 Å². The second-order valence-electron chi connectivity index (χ2n) is 6.86. The number of carbonyl (C=O) groups is 1. The first kappa shape index (κ1) is 19.7. The second kappa shape index (κ2) is 7.69. The van der Waals surface area contributed by atoms with Crippen LogP contribution in [-0.2, 0) is 0 Å². The minimum Gasteiger partial charge on any atom is -0.497 e. The number of nitrogens with one attached hydrogen (secondary N) is 3. The minimum atomic E-state index is -4.49. The number of aromatic nitrogens is 3. The van der Waals surface area contributed by atoms with Gasteiger partial charge in [0.1, 0.15) is 23.3 Å². The second-order valence-corrected chi connectivity index (χ2v) is 6.86. The predicted molar refractivity (Wildman–Crippen MR) is 102 cm³/mol. The van der Waals surface area contributed by atoms with E-state index in [1.54, 1.807) is 42.5 Å². The molecular weight excluding hydrogens is 399 g/mol. The average Bonchev–Trinajstić information content (AvgIpc) is 3.17. The SMILES string of the molecule is COc1ccc(C2CC(C(F)(F)F)[n+]3[nH]c(C(=O)Nc4ccccn4)cc3N2)cc1. The van der Waals surface area contributed by atoms with Crippen molar-refractivity contribution >= 4 is 17.5 Å². The summed E-state index contributed by atoms with van der Waals surface area (Å²) in [4.78, 5) is 16.5. The normalized spacial score (nSPS) is 18.3. The summed E-state index contributed by atoms with van der Waals surface area (Å²) < 4.78 is 47.4. The fraction of sp³-hybridized carbons (Fsp3) is 0.250. The van der Waals surface area contributed by atoms with Crippen molar-refractivity contribution in [2.75, 3.05) is 17.7 Å². The summed E-state index contributed by atoms with van der Waals surface area (Å²) in [5, 5.41) is 8.22. The molecule has 0 radical (unpaired) electrons. The van der Waals surface area contributed by atoms with E-state index in [4.69, 9.17) is 4.74 Å². The number of nitrogens with zero attached hydrogens (tertiary/aromatic N) is 2. The van der Waals surface area contributed by atoms with Gasteiger partial charge in [0.15, 0.2) is 0 Å². The van der Waals surface area contributed by atoms with E-state index in [1.807, 2.05) is 0 Å². The molecule has 10 heteroatoms. The van der Waals surface area contributed by atoms with E-state index in [0.29, 0.717) is 17.1 Å². The van der Waals surface area contributed by atoms with Crippen molar-refractivity contribution in [1.29, 1.82) is 0 Å². The summed E-state index contributed by atoms with van der Waals surface area (Å²) >= 11 is 0. The van der Waals surface area contributed by atoms with Crippen LogP contribution in [0, 0.1) is 0 Å². The Morgan fingerprint density at radius 1 is 1.23 bits per heavy atom. The van der Waals surface area contributed by atoms with Crippen molar-refractivity contribution in [1.82, 2.24) is 10.1 Å². The van der Waals surface area contributed by atoms with Gasteiger partial charge in [-0.15, -0.1) is 4.68 Å². The average molecular weight is 418 g/mol. The van der Waals surface area contributed by atoms with Crippen molar-refractivity contribution in [3.05, 3.63) is 66.0 Å². The van der Waals surface area contributed by atoms with Crippen LogP contribution >= 0.6 is 0 Å². The smallest absolute Gasteiger partial charge is 0.431 e. The lowest BCUT2D eigenvalue weighted by Gasteiger charge is -2.27. The highest BCUT2D eigenvalue weighted by Crippen LogP contribution is 2.39. The Morgan fingerprint density at radius 3 is 2.63 bits per heavy atom. The molecule has 7 nitrogen and oxygen atoms in total. The molecule has 1 amide bonds. The van der Waals surface area contributed by atoms with Crippen LogP contribution in [0.25, 0.3) is 0 Å². The van der Waals surface area contributed by atoms with Crippen molar-refractivity contribution in [3.63, 3.8) is 0 Å². The Labute approximate surface area is 169 Å². The number of hydrogen-bond donors (Lipinski definition) is 3. The van der Waals surface area contributed by atoms with Gasteiger partial charge in [-0.05, 0) is 29.8 Å². The molecule has 3 N–H and O–H groups in total. The molecule has 2 aromatic heterocycles. The number of anilines is 2. The quantitative estimate of drug-likeness (QED) is 0.566. The third kappa shape index (κ3) is 3.93. The number of methoxy groups -OCH3 is 1. The number of carbonyl (C=O) groups excluding carboxylic acids is 1. The minimum absolute atomic E-state index is 0.00668. The number of alkyl halides is 3. The summed E-state index contributed by atoms with van der Waals surface area (Å²) in [6.45, 7) is 0. The highest BCUT2D eigenvalue weighted by atomic mass is 19.4. The topological polar surface area (TPSA) is 82.9 Å². The van der Waals surface area contributed by atoms with Gasteiger partial charge >= 0.3 is 6.18 Å². The number of benzene rings is 1. The molecule has 3 heterocycles. The molecule has 2 unspecified atom stereocenters. The number of pyridine rings is 1.